The Morgan fingerprint density at radius 1 is 0.923 bits per heavy atom. The minimum absolute atomic E-state index is 0.477. The van der Waals surface area contributed by atoms with Crippen LogP contribution in [0.3, 0.4) is 0 Å². The van der Waals surface area contributed by atoms with Crippen molar-refractivity contribution in [2.75, 3.05) is 12.4 Å². The molecule has 0 fully saturated rings. The lowest BCUT2D eigenvalue weighted by Crippen LogP contribution is -2.09. The molecule has 26 heavy (non-hydrogen) atoms. The number of para-hydroxylation sites is 2. The molecular formula is C22H20N2O2. The van der Waals surface area contributed by atoms with Crippen LogP contribution in [0.1, 0.15) is 17.2 Å². The molecule has 3 rings (SSSR count). The third-order valence-corrected chi connectivity index (χ3v) is 4.00. The minimum atomic E-state index is -0.477. The average Bonchev–Trinajstić information content (AvgIpc) is 2.72. The van der Waals surface area contributed by atoms with Crippen molar-refractivity contribution in [1.29, 1.82) is 5.26 Å². The fourth-order valence-corrected chi connectivity index (χ4v) is 2.61. The molecule has 0 bridgehead atoms. The van der Waals surface area contributed by atoms with E-state index in [1.165, 1.54) is 0 Å². The second kappa shape index (κ2) is 8.59. The molecule has 1 atom stereocenters. The van der Waals surface area contributed by atoms with Crippen LogP contribution < -0.4 is 14.8 Å². The van der Waals surface area contributed by atoms with Crippen molar-refractivity contribution in [2.45, 2.75) is 12.6 Å². The van der Waals surface area contributed by atoms with Gasteiger partial charge in [0.1, 0.15) is 24.1 Å². The summed E-state index contributed by atoms with van der Waals surface area (Å²) in [6.45, 7) is 0.515. The van der Waals surface area contributed by atoms with E-state index in [1.807, 2.05) is 78.9 Å². The van der Waals surface area contributed by atoms with E-state index in [9.17, 15) is 5.26 Å². The summed E-state index contributed by atoms with van der Waals surface area (Å²) in [5.41, 5.74) is 2.76. The van der Waals surface area contributed by atoms with Gasteiger partial charge in [0.2, 0.25) is 0 Å². The summed E-state index contributed by atoms with van der Waals surface area (Å²) >= 11 is 0. The molecule has 130 valence electrons. The van der Waals surface area contributed by atoms with E-state index in [2.05, 4.69) is 11.4 Å². The zero-order chi connectivity index (χ0) is 18.2. The summed E-state index contributed by atoms with van der Waals surface area (Å²) in [7, 11) is 1.61. The molecule has 1 N–H and O–H groups in total. The van der Waals surface area contributed by atoms with E-state index in [0.29, 0.717) is 12.4 Å². The summed E-state index contributed by atoms with van der Waals surface area (Å²) in [5, 5.41) is 12.8. The van der Waals surface area contributed by atoms with E-state index >= 15 is 0 Å². The Morgan fingerprint density at radius 3 is 2.31 bits per heavy atom. The monoisotopic (exact) mass is 344 g/mol. The van der Waals surface area contributed by atoms with Gasteiger partial charge in [0, 0.05) is 0 Å². The van der Waals surface area contributed by atoms with Crippen LogP contribution >= 0.6 is 0 Å². The van der Waals surface area contributed by atoms with E-state index in [0.717, 1.165) is 22.6 Å². The molecule has 0 radical (unpaired) electrons. The molecule has 3 aromatic rings. The molecule has 0 aromatic heterocycles. The van der Waals surface area contributed by atoms with Gasteiger partial charge in [-0.15, -0.1) is 0 Å². The first-order valence-corrected chi connectivity index (χ1v) is 8.36. The Labute approximate surface area is 153 Å². The molecule has 0 heterocycles. The third kappa shape index (κ3) is 4.34. The second-order valence-corrected chi connectivity index (χ2v) is 5.75. The highest BCUT2D eigenvalue weighted by Gasteiger charge is 2.12. The Hall–Kier alpha value is -3.45. The highest BCUT2D eigenvalue weighted by Crippen LogP contribution is 2.28. The number of hydrogen-bond donors (Lipinski definition) is 1. The number of nitrogens with one attached hydrogen (secondary N) is 1. The first kappa shape index (κ1) is 17.4. The summed E-state index contributed by atoms with van der Waals surface area (Å²) in [6.07, 6.45) is 0. The van der Waals surface area contributed by atoms with Crippen molar-refractivity contribution in [3.63, 3.8) is 0 Å². The zero-order valence-electron chi connectivity index (χ0n) is 14.6. The predicted molar refractivity (Wildman–Crippen MR) is 102 cm³/mol. The highest BCUT2D eigenvalue weighted by molar-refractivity contribution is 5.58. The number of methoxy groups -OCH3 is 1. The van der Waals surface area contributed by atoms with Gasteiger partial charge in [-0.05, 0) is 35.4 Å². The second-order valence-electron chi connectivity index (χ2n) is 5.75. The number of nitriles is 1. The molecular weight excluding hydrogens is 324 g/mol. The first-order chi connectivity index (χ1) is 12.8. The number of anilines is 1. The molecule has 0 aliphatic carbocycles. The minimum Gasteiger partial charge on any atom is -0.495 e. The quantitative estimate of drug-likeness (QED) is 0.659. The van der Waals surface area contributed by atoms with Crippen molar-refractivity contribution in [1.82, 2.24) is 0 Å². The lowest BCUT2D eigenvalue weighted by Gasteiger charge is -2.16. The fourth-order valence-electron chi connectivity index (χ4n) is 2.61. The van der Waals surface area contributed by atoms with Gasteiger partial charge in [-0.3, -0.25) is 0 Å². The van der Waals surface area contributed by atoms with Crippen LogP contribution in [-0.4, -0.2) is 7.11 Å². The van der Waals surface area contributed by atoms with E-state index < -0.39 is 6.04 Å². The average molecular weight is 344 g/mol. The Kier molecular flexibility index (Phi) is 5.74. The zero-order valence-corrected chi connectivity index (χ0v) is 14.6. The molecule has 0 spiro atoms. The van der Waals surface area contributed by atoms with Crippen LogP contribution in [0.15, 0.2) is 78.9 Å². The predicted octanol–water partition coefficient (Wildman–Crippen LogP) is 4.95. The number of ether oxygens (including phenoxy) is 2. The van der Waals surface area contributed by atoms with E-state index in [-0.39, 0.29) is 0 Å². The van der Waals surface area contributed by atoms with Gasteiger partial charge in [0.15, 0.2) is 0 Å². The smallest absolute Gasteiger partial charge is 0.141 e. The summed E-state index contributed by atoms with van der Waals surface area (Å²) in [6, 6.07) is 26.9. The number of benzene rings is 3. The maximum atomic E-state index is 9.54. The SMILES string of the molecule is COc1ccccc1N[C@H](C#N)c1ccc(OCc2ccccc2)cc1. The van der Waals surface area contributed by atoms with Gasteiger partial charge >= 0.3 is 0 Å². The molecule has 3 aromatic carbocycles. The molecule has 0 aliphatic heterocycles. The number of rotatable bonds is 7. The Balaban J connectivity index is 1.67. The first-order valence-electron chi connectivity index (χ1n) is 8.36. The van der Waals surface area contributed by atoms with Crippen molar-refractivity contribution in [2.24, 2.45) is 0 Å². The van der Waals surface area contributed by atoms with Crippen molar-refractivity contribution in [3.8, 4) is 17.6 Å². The van der Waals surface area contributed by atoms with Gasteiger partial charge in [0.25, 0.3) is 0 Å². The number of hydrogen-bond acceptors (Lipinski definition) is 4. The van der Waals surface area contributed by atoms with Gasteiger partial charge in [-0.1, -0.05) is 54.6 Å². The van der Waals surface area contributed by atoms with Crippen molar-refractivity contribution in [3.05, 3.63) is 90.0 Å². The van der Waals surface area contributed by atoms with Crippen LogP contribution in [0.4, 0.5) is 5.69 Å². The van der Waals surface area contributed by atoms with Crippen LogP contribution in [0.5, 0.6) is 11.5 Å². The molecule has 4 heteroatoms. The fraction of sp³-hybridized carbons (Fsp3) is 0.136. The van der Waals surface area contributed by atoms with E-state index in [4.69, 9.17) is 9.47 Å². The summed E-state index contributed by atoms with van der Waals surface area (Å²) in [5.74, 6) is 1.47. The van der Waals surface area contributed by atoms with Gasteiger partial charge in [-0.2, -0.15) is 5.26 Å². The molecule has 0 saturated heterocycles. The summed E-state index contributed by atoms with van der Waals surface area (Å²) in [4.78, 5) is 0. The molecule has 0 saturated carbocycles. The standard InChI is InChI=1S/C22H20N2O2/c1-25-22-10-6-5-9-20(22)24-21(15-23)18-11-13-19(14-12-18)26-16-17-7-3-2-4-8-17/h2-14,21,24H,16H2,1H3/t21-/m1/s1. The van der Waals surface area contributed by atoms with Gasteiger partial charge in [-0.25, -0.2) is 0 Å². The van der Waals surface area contributed by atoms with E-state index in [1.54, 1.807) is 7.11 Å². The normalized spacial score (nSPS) is 11.2. The number of nitrogens with zero attached hydrogens (tertiary/aromatic N) is 1. The van der Waals surface area contributed by atoms with Gasteiger partial charge < -0.3 is 14.8 Å². The molecule has 4 nitrogen and oxygen atoms in total. The largest absolute Gasteiger partial charge is 0.495 e. The van der Waals surface area contributed by atoms with Crippen molar-refractivity contribution >= 4 is 5.69 Å². The third-order valence-electron chi connectivity index (χ3n) is 4.00. The van der Waals surface area contributed by atoms with Crippen molar-refractivity contribution < 1.29 is 9.47 Å². The molecule has 0 unspecified atom stereocenters. The lowest BCUT2D eigenvalue weighted by molar-refractivity contribution is 0.306. The maximum Gasteiger partial charge on any atom is 0.141 e. The maximum absolute atomic E-state index is 9.54. The molecule has 0 aliphatic rings. The Morgan fingerprint density at radius 2 is 1.62 bits per heavy atom. The van der Waals surface area contributed by atoms with Crippen LogP contribution in [0.25, 0.3) is 0 Å². The topological polar surface area (TPSA) is 54.3 Å². The van der Waals surface area contributed by atoms with Crippen LogP contribution in [0.2, 0.25) is 0 Å². The van der Waals surface area contributed by atoms with Crippen LogP contribution in [-0.2, 0) is 6.61 Å². The Bertz CT molecular complexity index is 871. The molecule has 0 amide bonds. The lowest BCUT2D eigenvalue weighted by atomic mass is 10.1. The highest BCUT2D eigenvalue weighted by atomic mass is 16.5. The van der Waals surface area contributed by atoms with Gasteiger partial charge in [0.05, 0.1) is 18.9 Å². The van der Waals surface area contributed by atoms with Crippen LogP contribution in [0, 0.1) is 11.3 Å². The summed E-state index contributed by atoms with van der Waals surface area (Å²) < 4.78 is 11.1.